The zero-order valence-electron chi connectivity index (χ0n) is 55.6. The zero-order valence-corrected chi connectivity index (χ0v) is 55.6. The Bertz CT molecular complexity index is 3490. The first-order valence-corrected chi connectivity index (χ1v) is 31.4. The molecule has 500 valence electrons. The van der Waals surface area contributed by atoms with E-state index < -0.39 is 168 Å². The number of oxazole rings is 1. The van der Waals surface area contributed by atoms with Gasteiger partial charge in [-0.1, -0.05) is 61.5 Å². The van der Waals surface area contributed by atoms with Crippen molar-refractivity contribution >= 4 is 93.5 Å². The smallest absolute Gasteiger partial charge is 0.329 e. The fraction of sp³-hybridized carbons (Fsp3) is 0.609. The van der Waals surface area contributed by atoms with E-state index in [1.165, 1.54) is 72.6 Å². The quantitative estimate of drug-likeness (QED) is 0.158. The number of hydrogen-bond acceptors (Lipinski definition) is 18. The fourth-order valence-corrected chi connectivity index (χ4v) is 12.9. The van der Waals surface area contributed by atoms with E-state index in [0.717, 1.165) is 4.90 Å². The summed E-state index contributed by atoms with van der Waals surface area (Å²) in [5.74, 6) is -11.1. The first kappa shape index (κ1) is 69.0. The summed E-state index contributed by atoms with van der Waals surface area (Å²) >= 11 is 0. The molecule has 8 rings (SSSR count). The highest BCUT2D eigenvalue weighted by Gasteiger charge is 2.47. The summed E-state index contributed by atoms with van der Waals surface area (Å²) in [5, 5.41) is 14.3. The van der Waals surface area contributed by atoms with Gasteiger partial charge in [-0.25, -0.2) is 14.6 Å². The molecule has 28 nitrogen and oxygen atoms in total. The maximum Gasteiger partial charge on any atom is 0.329 e. The summed E-state index contributed by atoms with van der Waals surface area (Å²) in [6.45, 7) is 20.7. The van der Waals surface area contributed by atoms with Gasteiger partial charge in [0.15, 0.2) is 23.0 Å². The Labute approximate surface area is 534 Å². The van der Waals surface area contributed by atoms with E-state index >= 15 is 14.4 Å². The predicted octanol–water partition coefficient (Wildman–Crippen LogP) is 2.84. The van der Waals surface area contributed by atoms with E-state index in [0.29, 0.717) is 36.8 Å². The standard InChI is InChI=1S/C64H88N12O16/c1-28(2)43-61(85)75-24-18-20-38(75)59(83)71(14)26-40(77)73(16)50(30(5)6)63(87)89-34(11)45(57(81)67-43)69-55(79)37-23-22-32(9)52-47(37)66-49-42(48-53(91-36(13)65-48)33(10)54(49)92-52)56(80)70-46-35(12)90-64(88)51(31(7)8)74(17)41(78)27-72(15)60(84)39-21-19-25-76(39)62(86)44(29(3)4)68-58(46)82/h22-23,28-31,34-35,38-39,43-46,50-51,66H,18-21,24-27H2,1-17H3,(H,67,81)(H,68,82)(H,69,79)(H,70,80)/t34-,35-,38+,39+,43-,44-,45+,46+,50+,51+/m1/s1. The van der Waals surface area contributed by atoms with E-state index in [9.17, 15) is 43.2 Å². The third-order valence-electron chi connectivity index (χ3n) is 18.1. The van der Waals surface area contributed by atoms with Crippen LogP contribution in [0, 0.1) is 44.4 Å². The molecule has 0 radical (unpaired) electrons. The van der Waals surface area contributed by atoms with Gasteiger partial charge in [0.1, 0.15) is 66.1 Å². The van der Waals surface area contributed by atoms with Gasteiger partial charge >= 0.3 is 11.9 Å². The molecule has 0 bridgehead atoms. The number of aromatic nitrogens is 1. The average Bonchev–Trinajstić information content (AvgIpc) is 1.26. The molecule has 28 heteroatoms. The topological polar surface area (TPSA) is 338 Å². The average molecular weight is 1280 g/mol. The summed E-state index contributed by atoms with van der Waals surface area (Å²) in [7, 11) is 5.68. The molecule has 4 fully saturated rings. The van der Waals surface area contributed by atoms with E-state index in [4.69, 9.17) is 18.6 Å². The van der Waals surface area contributed by atoms with Crippen LogP contribution >= 0.6 is 0 Å². The number of carbonyl (C=O) groups excluding carboxylic acids is 12. The Morgan fingerprint density at radius 3 is 1.47 bits per heavy atom. The second-order valence-corrected chi connectivity index (χ2v) is 26.3. The lowest BCUT2D eigenvalue weighted by molar-refractivity contribution is -0.163. The van der Waals surface area contributed by atoms with E-state index in [1.807, 2.05) is 0 Å². The highest BCUT2D eigenvalue weighted by Crippen LogP contribution is 2.51. The molecule has 0 unspecified atom stereocenters. The van der Waals surface area contributed by atoms with Crippen LogP contribution in [0.15, 0.2) is 16.5 Å². The monoisotopic (exact) mass is 1280 g/mol. The van der Waals surface area contributed by atoms with Gasteiger partial charge < -0.3 is 74.6 Å². The molecule has 2 aromatic carbocycles. The van der Waals surface area contributed by atoms with Crippen LogP contribution in [0.3, 0.4) is 0 Å². The number of esters is 2. The molecule has 0 aliphatic carbocycles. The maximum atomic E-state index is 15.6. The zero-order chi connectivity index (χ0) is 68.0. The summed E-state index contributed by atoms with van der Waals surface area (Å²) in [6, 6.07) is -7.40. The third kappa shape index (κ3) is 13.5. The Balaban J connectivity index is 1.19. The number of hydrogen-bond donors (Lipinski definition) is 5. The van der Waals surface area contributed by atoms with Crippen molar-refractivity contribution in [2.45, 2.75) is 176 Å². The van der Waals surface area contributed by atoms with Gasteiger partial charge in [0.25, 0.3) is 11.8 Å². The Kier molecular flexibility index (Phi) is 20.7. The van der Waals surface area contributed by atoms with Crippen molar-refractivity contribution in [3.05, 3.63) is 40.3 Å². The summed E-state index contributed by atoms with van der Waals surface area (Å²) in [5.41, 5.74) is 0.342. The van der Waals surface area contributed by atoms with Gasteiger partial charge in [0.05, 0.1) is 35.6 Å². The van der Waals surface area contributed by atoms with Crippen LogP contribution < -0.4 is 31.3 Å². The molecular formula is C64H88N12O16. The highest BCUT2D eigenvalue weighted by molar-refractivity contribution is 6.15. The van der Waals surface area contributed by atoms with Gasteiger partial charge in [-0.2, -0.15) is 0 Å². The first-order valence-electron chi connectivity index (χ1n) is 31.4. The number of rotatable bonds is 8. The number of nitrogens with one attached hydrogen (secondary N) is 5. The van der Waals surface area contributed by atoms with Crippen molar-refractivity contribution in [2.75, 3.05) is 59.7 Å². The predicted molar refractivity (Wildman–Crippen MR) is 333 cm³/mol. The van der Waals surface area contributed by atoms with Crippen LogP contribution in [0.4, 0.5) is 11.4 Å². The summed E-state index contributed by atoms with van der Waals surface area (Å²) in [4.78, 5) is 187. The molecule has 5 N–H and O–H groups in total. The van der Waals surface area contributed by atoms with Gasteiger partial charge in [-0.05, 0) is 88.7 Å². The van der Waals surface area contributed by atoms with Crippen molar-refractivity contribution in [2.24, 2.45) is 23.7 Å². The van der Waals surface area contributed by atoms with E-state index in [1.54, 1.807) is 82.2 Å². The lowest BCUT2D eigenvalue weighted by Crippen LogP contribution is -2.61. The molecule has 5 aliphatic heterocycles. The third-order valence-corrected chi connectivity index (χ3v) is 18.1. The fourth-order valence-electron chi connectivity index (χ4n) is 12.9. The largest absolute Gasteiger partial charge is 0.458 e. The number of amides is 10. The number of cyclic esters (lactones) is 2. The lowest BCUT2D eigenvalue weighted by Gasteiger charge is -2.36. The molecular weight excluding hydrogens is 1190 g/mol. The van der Waals surface area contributed by atoms with Gasteiger partial charge in [0.2, 0.25) is 47.3 Å². The molecule has 10 atom stereocenters. The van der Waals surface area contributed by atoms with Crippen LogP contribution in [-0.4, -0.2) is 220 Å². The van der Waals surface area contributed by atoms with E-state index in [-0.39, 0.29) is 64.1 Å². The Morgan fingerprint density at radius 2 is 1.03 bits per heavy atom. The number of ether oxygens (including phenoxy) is 3. The molecule has 0 saturated carbocycles. The molecule has 10 amide bonds. The number of nitrogens with zero attached hydrogens (tertiary/aromatic N) is 7. The molecule has 6 heterocycles. The van der Waals surface area contributed by atoms with Gasteiger partial charge in [-0.3, -0.25) is 47.9 Å². The Hall–Kier alpha value is -8.85. The SMILES string of the molecule is Cc1nc2c(C(=O)N[C@@H]3C(=O)N[C@H](C(C)C)C(=O)N4CCC[C@H]4C(=O)N(C)CC(=O)N(C)[C@@H](C(C)C)C(=O)O[C@@H]3C)c3c(c(C)c2o1)Oc1c(C)ccc(C(=O)N[C@@H]2C(=O)N[C@H](C(C)C)C(=O)N4CCC[C@H]4C(=O)N(C)CC(=O)N(C)[C@@H](C(C)C)C(=O)O[C@@H]2C)c1N3. The minimum Gasteiger partial charge on any atom is -0.458 e. The molecule has 3 aromatic rings. The summed E-state index contributed by atoms with van der Waals surface area (Å²) in [6.07, 6.45) is -1.46. The normalized spacial score (nSPS) is 26.2. The number of anilines is 2. The Morgan fingerprint density at radius 1 is 0.587 bits per heavy atom. The number of likely N-dealkylation sites (N-methyl/N-ethyl adjacent to an activating group) is 4. The van der Waals surface area contributed by atoms with E-state index in [2.05, 4.69) is 31.6 Å². The van der Waals surface area contributed by atoms with Gasteiger partial charge in [-0.15, -0.1) is 0 Å². The van der Waals surface area contributed by atoms with Crippen molar-refractivity contribution in [1.29, 1.82) is 0 Å². The second kappa shape index (κ2) is 27.5. The molecule has 1 aromatic heterocycles. The molecule has 0 spiro atoms. The minimum absolute atomic E-state index is 0.0300. The van der Waals surface area contributed by atoms with Crippen LogP contribution in [0.5, 0.6) is 11.5 Å². The van der Waals surface area contributed by atoms with Crippen molar-refractivity contribution < 1.29 is 76.2 Å². The molecule has 92 heavy (non-hydrogen) atoms. The highest BCUT2D eigenvalue weighted by atomic mass is 16.6. The number of fused-ring (bicyclic) bond motifs is 5. The van der Waals surface area contributed by atoms with Crippen molar-refractivity contribution in [1.82, 2.24) is 55.7 Å². The molecule has 5 aliphatic rings. The number of benzene rings is 2. The summed E-state index contributed by atoms with van der Waals surface area (Å²) < 4.78 is 24.8. The van der Waals surface area contributed by atoms with Crippen molar-refractivity contribution in [3.8, 4) is 11.5 Å². The number of carbonyl (C=O) groups is 12. The van der Waals surface area contributed by atoms with Crippen LogP contribution in [-0.2, 0) is 57.4 Å². The first-order chi connectivity index (χ1) is 43.2. The van der Waals surface area contributed by atoms with Crippen LogP contribution in [0.2, 0.25) is 0 Å². The van der Waals surface area contributed by atoms with Crippen LogP contribution in [0.1, 0.15) is 133 Å². The van der Waals surface area contributed by atoms with Crippen LogP contribution in [0.25, 0.3) is 11.1 Å². The molecule has 4 saturated heterocycles. The lowest BCUT2D eigenvalue weighted by atomic mass is 9.98. The second-order valence-electron chi connectivity index (χ2n) is 26.3. The maximum absolute atomic E-state index is 15.6. The number of aryl methyl sites for hydroxylation is 3. The van der Waals surface area contributed by atoms with Crippen molar-refractivity contribution in [3.63, 3.8) is 0 Å². The van der Waals surface area contributed by atoms with Gasteiger partial charge in [0, 0.05) is 53.8 Å². The minimum atomic E-state index is -1.79.